The van der Waals surface area contributed by atoms with E-state index in [1.807, 2.05) is 12.1 Å². The van der Waals surface area contributed by atoms with E-state index in [-0.39, 0.29) is 12.5 Å². The lowest BCUT2D eigenvalue weighted by atomic mass is 10.2. The van der Waals surface area contributed by atoms with Crippen molar-refractivity contribution in [1.82, 2.24) is 14.9 Å². The van der Waals surface area contributed by atoms with Crippen LogP contribution in [0, 0.1) is 0 Å². The van der Waals surface area contributed by atoms with Crippen molar-refractivity contribution in [3.63, 3.8) is 0 Å². The monoisotopic (exact) mass is 330 g/mol. The molecule has 128 valence electrons. The number of H-pyrrole nitrogens is 1. The van der Waals surface area contributed by atoms with Gasteiger partial charge in [0.05, 0.1) is 0 Å². The van der Waals surface area contributed by atoms with E-state index in [1.54, 1.807) is 45.3 Å². The number of hydrogen-bond acceptors (Lipinski definition) is 4. The van der Waals surface area contributed by atoms with Crippen molar-refractivity contribution >= 4 is 17.7 Å². The first-order valence-electron chi connectivity index (χ1n) is 7.58. The van der Waals surface area contributed by atoms with E-state index in [0.717, 1.165) is 11.4 Å². The Labute approximate surface area is 141 Å². The molecule has 1 aromatic carbocycles. The standard InChI is InChI=1S/C17H22N4O3/c1-17(2,3)24-16(23)21(4)11-14(22)20-13-7-5-12(6-8-13)15-18-9-10-19-15/h5-10H,11H2,1-4H3,(H,18,19)(H,20,22). The Balaban J connectivity index is 1.89. The predicted molar refractivity (Wildman–Crippen MR) is 91.5 cm³/mol. The lowest BCUT2D eigenvalue weighted by Crippen LogP contribution is -2.38. The molecule has 0 aliphatic heterocycles. The number of benzene rings is 1. The second-order valence-corrected chi connectivity index (χ2v) is 6.40. The molecule has 0 aliphatic carbocycles. The number of imidazole rings is 1. The smallest absolute Gasteiger partial charge is 0.410 e. The third-order valence-electron chi connectivity index (χ3n) is 3.03. The topological polar surface area (TPSA) is 87.3 Å². The predicted octanol–water partition coefficient (Wildman–Crippen LogP) is 2.88. The highest BCUT2D eigenvalue weighted by molar-refractivity contribution is 5.94. The van der Waals surface area contributed by atoms with Gasteiger partial charge in [-0.2, -0.15) is 0 Å². The number of likely N-dealkylation sites (N-methyl/N-ethyl adjacent to an activating group) is 1. The Kier molecular flexibility index (Phi) is 5.23. The number of anilines is 1. The summed E-state index contributed by atoms with van der Waals surface area (Å²) < 4.78 is 5.20. The summed E-state index contributed by atoms with van der Waals surface area (Å²) in [4.78, 5) is 32.3. The van der Waals surface area contributed by atoms with Crippen LogP contribution in [0.25, 0.3) is 11.4 Å². The quantitative estimate of drug-likeness (QED) is 0.902. The zero-order chi connectivity index (χ0) is 17.7. The molecule has 0 fully saturated rings. The average molecular weight is 330 g/mol. The van der Waals surface area contributed by atoms with Gasteiger partial charge in [0.15, 0.2) is 0 Å². The van der Waals surface area contributed by atoms with Crippen molar-refractivity contribution in [2.45, 2.75) is 26.4 Å². The molecule has 7 heteroatoms. The molecule has 0 radical (unpaired) electrons. The number of rotatable bonds is 4. The number of hydrogen-bond donors (Lipinski definition) is 2. The van der Waals surface area contributed by atoms with Crippen LogP contribution in [0.15, 0.2) is 36.7 Å². The van der Waals surface area contributed by atoms with Crippen LogP contribution in [0.2, 0.25) is 0 Å². The van der Waals surface area contributed by atoms with Crippen LogP contribution in [0.5, 0.6) is 0 Å². The Bertz CT molecular complexity index is 688. The summed E-state index contributed by atoms with van der Waals surface area (Å²) in [5, 5.41) is 2.74. The van der Waals surface area contributed by atoms with E-state index < -0.39 is 11.7 Å². The second-order valence-electron chi connectivity index (χ2n) is 6.40. The molecule has 2 amide bonds. The molecular formula is C17H22N4O3. The minimum absolute atomic E-state index is 0.0884. The summed E-state index contributed by atoms with van der Waals surface area (Å²) in [7, 11) is 1.52. The fraction of sp³-hybridized carbons (Fsp3) is 0.353. The molecule has 0 unspecified atom stereocenters. The molecule has 0 spiro atoms. The van der Waals surface area contributed by atoms with Gasteiger partial charge in [0.2, 0.25) is 5.91 Å². The SMILES string of the molecule is CN(CC(=O)Nc1ccc(-c2ncc[nH]2)cc1)C(=O)OC(C)(C)C. The zero-order valence-electron chi connectivity index (χ0n) is 14.3. The summed E-state index contributed by atoms with van der Waals surface area (Å²) in [5.74, 6) is 0.464. The number of carbonyl (C=O) groups is 2. The first kappa shape index (κ1) is 17.5. The first-order chi connectivity index (χ1) is 11.2. The van der Waals surface area contributed by atoms with E-state index in [1.165, 1.54) is 11.9 Å². The summed E-state index contributed by atoms with van der Waals surface area (Å²) in [5.41, 5.74) is 0.973. The van der Waals surface area contributed by atoms with Crippen LogP contribution in [0.3, 0.4) is 0 Å². The third kappa shape index (κ3) is 5.12. The fourth-order valence-electron chi connectivity index (χ4n) is 1.95. The van der Waals surface area contributed by atoms with E-state index >= 15 is 0 Å². The van der Waals surface area contributed by atoms with Gasteiger partial charge in [-0.25, -0.2) is 9.78 Å². The maximum atomic E-state index is 12.0. The van der Waals surface area contributed by atoms with E-state index in [0.29, 0.717) is 5.69 Å². The second kappa shape index (κ2) is 7.16. The molecular weight excluding hydrogens is 308 g/mol. The molecule has 24 heavy (non-hydrogen) atoms. The molecule has 2 aromatic rings. The van der Waals surface area contributed by atoms with Crippen LogP contribution < -0.4 is 5.32 Å². The molecule has 0 bridgehead atoms. The van der Waals surface area contributed by atoms with Crippen molar-refractivity contribution in [2.24, 2.45) is 0 Å². The van der Waals surface area contributed by atoms with Crippen molar-refractivity contribution in [3.05, 3.63) is 36.7 Å². The van der Waals surface area contributed by atoms with Crippen molar-refractivity contribution in [2.75, 3.05) is 18.9 Å². The van der Waals surface area contributed by atoms with Gasteiger partial charge in [-0.05, 0) is 45.0 Å². The molecule has 1 aromatic heterocycles. The lowest BCUT2D eigenvalue weighted by molar-refractivity contribution is -0.117. The lowest BCUT2D eigenvalue weighted by Gasteiger charge is -2.24. The third-order valence-corrected chi connectivity index (χ3v) is 3.03. The molecule has 0 saturated heterocycles. The first-order valence-corrected chi connectivity index (χ1v) is 7.58. The Morgan fingerprint density at radius 1 is 1.25 bits per heavy atom. The number of nitrogens with one attached hydrogen (secondary N) is 2. The number of amides is 2. The van der Waals surface area contributed by atoms with E-state index in [2.05, 4.69) is 15.3 Å². The molecule has 1 heterocycles. The van der Waals surface area contributed by atoms with Crippen LogP contribution >= 0.6 is 0 Å². The zero-order valence-corrected chi connectivity index (χ0v) is 14.3. The van der Waals surface area contributed by atoms with Gasteiger partial charge in [-0.3, -0.25) is 4.79 Å². The molecule has 0 aliphatic rings. The summed E-state index contributed by atoms with van der Waals surface area (Å²) >= 11 is 0. The van der Waals surface area contributed by atoms with Crippen molar-refractivity contribution < 1.29 is 14.3 Å². The average Bonchev–Trinajstić information content (AvgIpc) is 3.00. The summed E-state index contributed by atoms with van der Waals surface area (Å²) in [6.07, 6.45) is 2.89. The number of ether oxygens (including phenoxy) is 1. The summed E-state index contributed by atoms with van der Waals surface area (Å²) in [6.45, 7) is 5.24. The van der Waals surface area contributed by atoms with Crippen LogP contribution in [0.1, 0.15) is 20.8 Å². The molecule has 2 rings (SSSR count). The maximum Gasteiger partial charge on any atom is 0.410 e. The van der Waals surface area contributed by atoms with Gasteiger partial charge >= 0.3 is 6.09 Å². The molecule has 7 nitrogen and oxygen atoms in total. The number of carbonyl (C=O) groups excluding carboxylic acids is 2. The highest BCUT2D eigenvalue weighted by Gasteiger charge is 2.21. The number of aromatic nitrogens is 2. The van der Waals surface area contributed by atoms with Gasteiger partial charge < -0.3 is 19.9 Å². The van der Waals surface area contributed by atoms with Crippen molar-refractivity contribution in [3.8, 4) is 11.4 Å². The number of aromatic amines is 1. The van der Waals surface area contributed by atoms with E-state index in [4.69, 9.17) is 4.74 Å². The minimum atomic E-state index is -0.594. The largest absolute Gasteiger partial charge is 0.444 e. The highest BCUT2D eigenvalue weighted by atomic mass is 16.6. The van der Waals surface area contributed by atoms with Gasteiger partial charge in [-0.1, -0.05) is 0 Å². The van der Waals surface area contributed by atoms with Gasteiger partial charge in [-0.15, -0.1) is 0 Å². The van der Waals surface area contributed by atoms with Crippen LogP contribution in [0.4, 0.5) is 10.5 Å². The molecule has 2 N–H and O–H groups in total. The van der Waals surface area contributed by atoms with Gasteiger partial charge in [0.1, 0.15) is 18.0 Å². The van der Waals surface area contributed by atoms with Crippen molar-refractivity contribution in [1.29, 1.82) is 0 Å². The Hall–Kier alpha value is -2.83. The van der Waals surface area contributed by atoms with Gasteiger partial charge in [0.25, 0.3) is 0 Å². The fourth-order valence-corrected chi connectivity index (χ4v) is 1.95. The normalized spacial score (nSPS) is 11.0. The van der Waals surface area contributed by atoms with Gasteiger partial charge in [0, 0.05) is 30.7 Å². The minimum Gasteiger partial charge on any atom is -0.444 e. The highest BCUT2D eigenvalue weighted by Crippen LogP contribution is 2.17. The maximum absolute atomic E-state index is 12.0. The Morgan fingerprint density at radius 2 is 1.92 bits per heavy atom. The summed E-state index contributed by atoms with van der Waals surface area (Å²) in [6, 6.07) is 7.27. The Morgan fingerprint density at radius 3 is 2.46 bits per heavy atom. The molecule has 0 saturated carbocycles. The molecule has 0 atom stereocenters. The van der Waals surface area contributed by atoms with E-state index in [9.17, 15) is 9.59 Å². The van der Waals surface area contributed by atoms with Crippen LogP contribution in [-0.2, 0) is 9.53 Å². The number of nitrogens with zero attached hydrogens (tertiary/aromatic N) is 2. The van der Waals surface area contributed by atoms with Crippen LogP contribution in [-0.4, -0.2) is 46.1 Å².